The van der Waals surface area contributed by atoms with Crippen molar-refractivity contribution in [2.45, 2.75) is 12.8 Å². The molecule has 1 aromatic carbocycles. The van der Waals surface area contributed by atoms with Crippen molar-refractivity contribution in [1.82, 2.24) is 9.97 Å². The maximum absolute atomic E-state index is 5.48. The van der Waals surface area contributed by atoms with Gasteiger partial charge in [-0.1, -0.05) is 0 Å². The summed E-state index contributed by atoms with van der Waals surface area (Å²) in [7, 11) is 0. The molecule has 0 spiro atoms. The minimum Gasteiger partial charge on any atom is -0.345 e. The monoisotopic (exact) mass is 253 g/mol. The SMILES string of the molecule is NCCCc1cc(Br)c2nc[nH]c2c1. The molecule has 0 bridgehead atoms. The van der Waals surface area contributed by atoms with Crippen LogP contribution in [0, 0.1) is 0 Å². The summed E-state index contributed by atoms with van der Waals surface area (Å²) in [4.78, 5) is 7.32. The maximum atomic E-state index is 5.48. The van der Waals surface area contributed by atoms with E-state index in [9.17, 15) is 0 Å². The van der Waals surface area contributed by atoms with Gasteiger partial charge in [0.05, 0.1) is 11.8 Å². The van der Waals surface area contributed by atoms with Crippen LogP contribution in [0.1, 0.15) is 12.0 Å². The molecular formula is C10H12BrN3. The van der Waals surface area contributed by atoms with Crippen LogP contribution in [0.2, 0.25) is 0 Å². The van der Waals surface area contributed by atoms with Crippen molar-refractivity contribution in [2.24, 2.45) is 5.73 Å². The summed E-state index contributed by atoms with van der Waals surface area (Å²) in [6.45, 7) is 0.735. The lowest BCUT2D eigenvalue weighted by Crippen LogP contribution is -2.00. The number of benzene rings is 1. The molecule has 0 saturated carbocycles. The van der Waals surface area contributed by atoms with Crippen LogP contribution in [0.15, 0.2) is 22.9 Å². The normalized spacial score (nSPS) is 11.0. The van der Waals surface area contributed by atoms with Crippen molar-refractivity contribution < 1.29 is 0 Å². The van der Waals surface area contributed by atoms with E-state index in [1.165, 1.54) is 5.56 Å². The summed E-state index contributed by atoms with van der Waals surface area (Å²) in [6.07, 6.45) is 3.75. The Labute approximate surface area is 90.8 Å². The van der Waals surface area contributed by atoms with Gasteiger partial charge in [-0.15, -0.1) is 0 Å². The molecule has 0 aliphatic heterocycles. The third kappa shape index (κ3) is 1.81. The first kappa shape index (κ1) is 9.68. The highest BCUT2D eigenvalue weighted by Gasteiger charge is 2.03. The maximum Gasteiger partial charge on any atom is 0.102 e. The number of H-pyrrole nitrogens is 1. The third-order valence-electron chi connectivity index (χ3n) is 2.21. The minimum atomic E-state index is 0.735. The molecule has 0 fully saturated rings. The van der Waals surface area contributed by atoms with Crippen molar-refractivity contribution in [2.75, 3.05) is 6.54 Å². The van der Waals surface area contributed by atoms with Crippen LogP contribution in [0.25, 0.3) is 11.0 Å². The molecule has 1 heterocycles. The lowest BCUT2D eigenvalue weighted by molar-refractivity contribution is 0.833. The first-order valence-electron chi connectivity index (χ1n) is 4.63. The Morgan fingerprint density at radius 2 is 2.29 bits per heavy atom. The Bertz CT molecular complexity index is 436. The van der Waals surface area contributed by atoms with E-state index in [-0.39, 0.29) is 0 Å². The molecule has 4 heteroatoms. The van der Waals surface area contributed by atoms with E-state index in [2.05, 4.69) is 38.0 Å². The number of aromatic nitrogens is 2. The molecular weight excluding hydrogens is 242 g/mol. The van der Waals surface area contributed by atoms with Gasteiger partial charge in [0.1, 0.15) is 5.52 Å². The number of nitrogens with one attached hydrogen (secondary N) is 1. The van der Waals surface area contributed by atoms with Crippen molar-refractivity contribution >= 4 is 27.0 Å². The van der Waals surface area contributed by atoms with E-state index in [1.54, 1.807) is 6.33 Å². The predicted molar refractivity (Wildman–Crippen MR) is 61.2 cm³/mol. The zero-order chi connectivity index (χ0) is 9.97. The van der Waals surface area contributed by atoms with E-state index >= 15 is 0 Å². The molecule has 2 rings (SSSR count). The number of aryl methyl sites for hydroxylation is 1. The fourth-order valence-corrected chi connectivity index (χ4v) is 2.12. The number of rotatable bonds is 3. The van der Waals surface area contributed by atoms with Gasteiger partial charge in [-0.2, -0.15) is 0 Å². The van der Waals surface area contributed by atoms with Gasteiger partial charge in [-0.3, -0.25) is 0 Å². The molecule has 0 radical (unpaired) electrons. The standard InChI is InChI=1S/C10H12BrN3/c11-8-4-7(2-1-3-12)5-9-10(8)14-6-13-9/h4-6H,1-3,12H2,(H,13,14). The average molecular weight is 254 g/mol. The van der Waals surface area contributed by atoms with E-state index < -0.39 is 0 Å². The van der Waals surface area contributed by atoms with Gasteiger partial charge < -0.3 is 10.7 Å². The lowest BCUT2D eigenvalue weighted by Gasteiger charge is -2.01. The van der Waals surface area contributed by atoms with Gasteiger partial charge in [-0.05, 0) is 53.0 Å². The third-order valence-corrected chi connectivity index (χ3v) is 2.81. The van der Waals surface area contributed by atoms with Crippen LogP contribution in [0.4, 0.5) is 0 Å². The smallest absolute Gasteiger partial charge is 0.102 e. The Hall–Kier alpha value is -0.870. The summed E-state index contributed by atoms with van der Waals surface area (Å²) in [5.41, 5.74) is 8.83. The molecule has 3 N–H and O–H groups in total. The van der Waals surface area contributed by atoms with Crippen molar-refractivity contribution in [3.8, 4) is 0 Å². The zero-order valence-electron chi connectivity index (χ0n) is 7.76. The van der Waals surface area contributed by atoms with Gasteiger partial charge in [0.2, 0.25) is 0 Å². The van der Waals surface area contributed by atoms with Crippen LogP contribution in [-0.4, -0.2) is 16.5 Å². The molecule has 2 aromatic rings. The number of nitrogens with zero attached hydrogens (tertiary/aromatic N) is 1. The van der Waals surface area contributed by atoms with Crippen molar-refractivity contribution in [3.05, 3.63) is 28.5 Å². The molecule has 14 heavy (non-hydrogen) atoms. The number of nitrogens with two attached hydrogens (primary N) is 1. The fourth-order valence-electron chi connectivity index (χ4n) is 1.51. The van der Waals surface area contributed by atoms with E-state index in [0.29, 0.717) is 0 Å². The minimum absolute atomic E-state index is 0.735. The Balaban J connectivity index is 2.38. The summed E-state index contributed by atoms with van der Waals surface area (Å²) in [6, 6.07) is 4.24. The molecule has 0 saturated heterocycles. The van der Waals surface area contributed by atoms with Crippen molar-refractivity contribution in [3.63, 3.8) is 0 Å². The van der Waals surface area contributed by atoms with Gasteiger partial charge >= 0.3 is 0 Å². The molecule has 0 aliphatic carbocycles. The van der Waals surface area contributed by atoms with Crippen LogP contribution in [-0.2, 0) is 6.42 Å². The molecule has 0 amide bonds. The van der Waals surface area contributed by atoms with E-state index in [4.69, 9.17) is 5.73 Å². The Kier molecular flexibility index (Phi) is 2.84. The Morgan fingerprint density at radius 1 is 1.43 bits per heavy atom. The quantitative estimate of drug-likeness (QED) is 0.882. The largest absolute Gasteiger partial charge is 0.345 e. The van der Waals surface area contributed by atoms with Gasteiger partial charge in [0, 0.05) is 4.47 Å². The van der Waals surface area contributed by atoms with Crippen LogP contribution < -0.4 is 5.73 Å². The summed E-state index contributed by atoms with van der Waals surface area (Å²) >= 11 is 3.51. The summed E-state index contributed by atoms with van der Waals surface area (Å²) < 4.78 is 1.04. The number of imidazole rings is 1. The number of aromatic amines is 1. The number of hydrogen-bond donors (Lipinski definition) is 2. The highest BCUT2D eigenvalue weighted by atomic mass is 79.9. The molecule has 0 aliphatic rings. The van der Waals surface area contributed by atoms with Crippen LogP contribution in [0.3, 0.4) is 0 Å². The zero-order valence-corrected chi connectivity index (χ0v) is 9.34. The van der Waals surface area contributed by atoms with E-state index in [1.807, 2.05) is 0 Å². The Morgan fingerprint density at radius 3 is 3.07 bits per heavy atom. The molecule has 1 aromatic heterocycles. The second-order valence-corrected chi connectivity index (χ2v) is 4.12. The van der Waals surface area contributed by atoms with Crippen LogP contribution >= 0.6 is 15.9 Å². The predicted octanol–water partition coefficient (Wildman–Crippen LogP) is 2.22. The van der Waals surface area contributed by atoms with Crippen LogP contribution in [0.5, 0.6) is 0 Å². The molecule has 0 atom stereocenters. The van der Waals surface area contributed by atoms with Gasteiger partial charge in [-0.25, -0.2) is 4.98 Å². The first-order valence-corrected chi connectivity index (χ1v) is 5.42. The number of halogens is 1. The number of fused-ring (bicyclic) bond motifs is 1. The topological polar surface area (TPSA) is 54.7 Å². The van der Waals surface area contributed by atoms with Gasteiger partial charge in [0.25, 0.3) is 0 Å². The van der Waals surface area contributed by atoms with Crippen molar-refractivity contribution in [1.29, 1.82) is 0 Å². The molecule has 3 nitrogen and oxygen atoms in total. The highest BCUT2D eigenvalue weighted by molar-refractivity contribution is 9.10. The fraction of sp³-hybridized carbons (Fsp3) is 0.300. The summed E-state index contributed by atoms with van der Waals surface area (Å²) in [5.74, 6) is 0. The second kappa shape index (κ2) is 4.11. The van der Waals surface area contributed by atoms with E-state index in [0.717, 1.165) is 34.9 Å². The first-order chi connectivity index (χ1) is 6.81. The average Bonchev–Trinajstić information content (AvgIpc) is 2.63. The molecule has 0 unspecified atom stereocenters. The lowest BCUT2D eigenvalue weighted by atomic mass is 10.1. The van der Waals surface area contributed by atoms with Gasteiger partial charge in [0.15, 0.2) is 0 Å². The molecule has 74 valence electrons. The number of hydrogen-bond acceptors (Lipinski definition) is 2. The second-order valence-electron chi connectivity index (χ2n) is 3.27. The summed E-state index contributed by atoms with van der Waals surface area (Å²) in [5, 5.41) is 0. The highest BCUT2D eigenvalue weighted by Crippen LogP contribution is 2.23.